The summed E-state index contributed by atoms with van der Waals surface area (Å²) in [5.41, 5.74) is 2.09. The smallest absolute Gasteiger partial charge is 0.258 e. The molecule has 0 fully saturated rings. The molecule has 2 heterocycles. The first-order valence-electron chi connectivity index (χ1n) is 9.71. The van der Waals surface area contributed by atoms with Gasteiger partial charge in [-0.05, 0) is 26.0 Å². The predicted molar refractivity (Wildman–Crippen MR) is 122 cm³/mol. The van der Waals surface area contributed by atoms with Crippen LogP contribution in [0.3, 0.4) is 0 Å². The maximum Gasteiger partial charge on any atom is 0.258 e. The molecule has 4 rings (SSSR count). The van der Waals surface area contributed by atoms with Crippen molar-refractivity contribution in [3.63, 3.8) is 0 Å². The Morgan fingerprint density at radius 3 is 2.52 bits per heavy atom. The van der Waals surface area contributed by atoms with Gasteiger partial charge in [0.05, 0.1) is 25.2 Å². The Kier molecular flexibility index (Phi) is 5.69. The van der Waals surface area contributed by atoms with E-state index in [1.54, 1.807) is 46.3 Å². The molecule has 0 aromatic heterocycles. The van der Waals surface area contributed by atoms with Gasteiger partial charge in [0.1, 0.15) is 23.4 Å². The van der Waals surface area contributed by atoms with Gasteiger partial charge in [0, 0.05) is 29.4 Å². The molecule has 0 unspecified atom stereocenters. The molecule has 0 saturated heterocycles. The number of carbonyl (C=O) groups is 2. The third-order valence-electron chi connectivity index (χ3n) is 4.93. The summed E-state index contributed by atoms with van der Waals surface area (Å²) >= 11 is 1.21. The van der Waals surface area contributed by atoms with Crippen LogP contribution in [0.15, 0.2) is 52.4 Å². The van der Waals surface area contributed by atoms with Crippen LogP contribution in [0.2, 0.25) is 0 Å². The van der Waals surface area contributed by atoms with Crippen LogP contribution in [0, 0.1) is 0 Å². The number of benzene rings is 2. The van der Waals surface area contributed by atoms with Crippen LogP contribution in [-0.2, 0) is 9.59 Å². The topological polar surface area (TPSA) is 92.6 Å². The number of para-hydroxylation sites is 1. The van der Waals surface area contributed by atoms with Crippen molar-refractivity contribution in [3.8, 4) is 11.5 Å². The second-order valence-electron chi connectivity index (χ2n) is 7.06. The number of thioether (sulfide) groups is 1. The van der Waals surface area contributed by atoms with Crippen LogP contribution in [0.25, 0.3) is 0 Å². The number of amidine groups is 2. The first-order chi connectivity index (χ1) is 14.9. The van der Waals surface area contributed by atoms with E-state index >= 15 is 0 Å². The summed E-state index contributed by atoms with van der Waals surface area (Å²) < 4.78 is 10.5. The van der Waals surface area contributed by atoms with Gasteiger partial charge in [-0.1, -0.05) is 23.9 Å². The van der Waals surface area contributed by atoms with Crippen molar-refractivity contribution >= 4 is 46.0 Å². The van der Waals surface area contributed by atoms with Crippen molar-refractivity contribution in [2.24, 2.45) is 9.98 Å². The van der Waals surface area contributed by atoms with E-state index < -0.39 is 11.3 Å². The lowest BCUT2D eigenvalue weighted by molar-refractivity contribution is -0.124. The number of carbonyl (C=O) groups excluding carboxylic acids is 2. The van der Waals surface area contributed by atoms with E-state index in [0.29, 0.717) is 28.2 Å². The van der Waals surface area contributed by atoms with E-state index in [1.165, 1.54) is 16.7 Å². The fourth-order valence-electron chi connectivity index (χ4n) is 3.29. The minimum Gasteiger partial charge on any atom is -0.497 e. The van der Waals surface area contributed by atoms with Crippen molar-refractivity contribution < 1.29 is 19.1 Å². The molecular weight excluding hydrogens is 416 g/mol. The zero-order valence-electron chi connectivity index (χ0n) is 17.6. The van der Waals surface area contributed by atoms with Crippen LogP contribution in [-0.4, -0.2) is 53.2 Å². The summed E-state index contributed by atoms with van der Waals surface area (Å²) in [4.78, 5) is 36.3. The van der Waals surface area contributed by atoms with Gasteiger partial charge in [-0.3, -0.25) is 14.6 Å². The van der Waals surface area contributed by atoms with Crippen molar-refractivity contribution in [1.29, 1.82) is 0 Å². The van der Waals surface area contributed by atoms with E-state index in [2.05, 4.69) is 15.3 Å². The molecule has 8 nitrogen and oxygen atoms in total. The second kappa shape index (κ2) is 8.43. The lowest BCUT2D eigenvalue weighted by atomic mass is 10.1. The Bertz CT molecular complexity index is 1090. The molecule has 1 N–H and O–H groups in total. The number of nitrogens with zero attached hydrogens (tertiary/aromatic N) is 3. The molecule has 2 aromatic carbocycles. The molecular formula is C22H22N4O4S. The number of aliphatic imine (C=N–C) groups is 2. The monoisotopic (exact) mass is 438 g/mol. The number of rotatable bonds is 5. The third-order valence-corrected chi connectivity index (χ3v) is 5.98. The van der Waals surface area contributed by atoms with Gasteiger partial charge in [-0.15, -0.1) is 0 Å². The van der Waals surface area contributed by atoms with E-state index in [-0.39, 0.29) is 11.8 Å². The molecule has 0 bridgehead atoms. The fraction of sp³-hybridized carbons (Fsp3) is 0.273. The SMILES string of the molecule is COc1cc(NC(=O)[C@@H](C)SC2=Nc3ccccc3C3=N[C@H](C)C(=O)N23)cc(OC)c1. The highest BCUT2D eigenvalue weighted by molar-refractivity contribution is 8.15. The minimum atomic E-state index is -0.522. The van der Waals surface area contributed by atoms with Crippen LogP contribution in [0.5, 0.6) is 11.5 Å². The Labute approximate surface area is 184 Å². The number of methoxy groups -OCH3 is 2. The van der Waals surface area contributed by atoms with E-state index in [4.69, 9.17) is 9.47 Å². The average molecular weight is 439 g/mol. The average Bonchev–Trinajstić information content (AvgIpc) is 3.08. The minimum absolute atomic E-state index is 0.152. The maximum absolute atomic E-state index is 12.9. The maximum atomic E-state index is 12.9. The lowest BCUT2D eigenvalue weighted by Gasteiger charge is -2.26. The largest absolute Gasteiger partial charge is 0.497 e. The van der Waals surface area contributed by atoms with Crippen LogP contribution in [0.4, 0.5) is 11.4 Å². The number of fused-ring (bicyclic) bond motifs is 3. The number of amides is 2. The van der Waals surface area contributed by atoms with E-state index in [9.17, 15) is 9.59 Å². The molecule has 2 aliphatic rings. The zero-order chi connectivity index (χ0) is 22.1. The molecule has 160 valence electrons. The predicted octanol–water partition coefficient (Wildman–Crippen LogP) is 3.44. The van der Waals surface area contributed by atoms with Gasteiger partial charge >= 0.3 is 0 Å². The van der Waals surface area contributed by atoms with Crippen LogP contribution in [0.1, 0.15) is 19.4 Å². The van der Waals surface area contributed by atoms with E-state index in [1.807, 2.05) is 24.3 Å². The highest BCUT2D eigenvalue weighted by Gasteiger charge is 2.40. The Balaban J connectivity index is 1.56. The fourth-order valence-corrected chi connectivity index (χ4v) is 4.20. The van der Waals surface area contributed by atoms with Crippen molar-refractivity contribution in [2.45, 2.75) is 25.1 Å². The molecule has 0 radical (unpaired) electrons. The Hall–Kier alpha value is -3.33. The van der Waals surface area contributed by atoms with Gasteiger partial charge in [-0.25, -0.2) is 9.89 Å². The highest BCUT2D eigenvalue weighted by atomic mass is 32.2. The summed E-state index contributed by atoms with van der Waals surface area (Å²) in [7, 11) is 3.09. The van der Waals surface area contributed by atoms with Gasteiger partial charge in [0.15, 0.2) is 5.17 Å². The normalized spacial score (nSPS) is 17.9. The molecule has 2 aromatic rings. The quantitative estimate of drug-likeness (QED) is 0.772. The molecule has 2 atom stereocenters. The third kappa shape index (κ3) is 4.00. The number of hydrogen-bond acceptors (Lipinski definition) is 7. The molecule has 31 heavy (non-hydrogen) atoms. The number of ether oxygens (including phenoxy) is 2. The van der Waals surface area contributed by atoms with Crippen molar-refractivity contribution in [3.05, 3.63) is 48.0 Å². The number of anilines is 1. The van der Waals surface area contributed by atoms with Gasteiger partial charge in [-0.2, -0.15) is 0 Å². The summed E-state index contributed by atoms with van der Waals surface area (Å²) in [6, 6.07) is 12.2. The summed E-state index contributed by atoms with van der Waals surface area (Å²) in [5, 5.41) is 2.79. The molecule has 2 aliphatic heterocycles. The first kappa shape index (κ1) is 20.9. The number of nitrogens with one attached hydrogen (secondary N) is 1. The second-order valence-corrected chi connectivity index (χ2v) is 8.37. The molecule has 0 saturated carbocycles. The van der Waals surface area contributed by atoms with Gasteiger partial charge in [0.2, 0.25) is 5.91 Å². The highest BCUT2D eigenvalue weighted by Crippen LogP contribution is 2.35. The molecule has 9 heteroatoms. The molecule has 0 spiro atoms. The van der Waals surface area contributed by atoms with E-state index in [0.717, 1.165) is 11.3 Å². The first-order valence-corrected chi connectivity index (χ1v) is 10.6. The van der Waals surface area contributed by atoms with Crippen LogP contribution < -0.4 is 14.8 Å². The standard InChI is InChI=1S/C22H22N4O4S/c1-12-21(28)26-19(23-12)17-7-5-6-8-18(17)25-22(26)31-13(2)20(27)24-14-9-15(29-3)11-16(10-14)30-4/h5-13H,1-4H3,(H,24,27)/t12-,13-/m1/s1. The van der Waals surface area contributed by atoms with Crippen molar-refractivity contribution in [1.82, 2.24) is 4.90 Å². The van der Waals surface area contributed by atoms with Crippen molar-refractivity contribution in [2.75, 3.05) is 19.5 Å². The summed E-state index contributed by atoms with van der Waals surface area (Å²) in [6.45, 7) is 3.52. The number of hydrogen-bond donors (Lipinski definition) is 1. The lowest BCUT2D eigenvalue weighted by Crippen LogP contribution is -2.41. The van der Waals surface area contributed by atoms with Crippen LogP contribution >= 0.6 is 11.8 Å². The Morgan fingerprint density at radius 2 is 1.84 bits per heavy atom. The van der Waals surface area contributed by atoms with Gasteiger partial charge in [0.25, 0.3) is 5.91 Å². The van der Waals surface area contributed by atoms with Gasteiger partial charge < -0.3 is 14.8 Å². The zero-order valence-corrected chi connectivity index (χ0v) is 18.4. The summed E-state index contributed by atoms with van der Waals surface area (Å²) in [5.74, 6) is 1.33. The Morgan fingerprint density at radius 1 is 1.16 bits per heavy atom. The molecule has 0 aliphatic carbocycles. The molecule has 2 amide bonds. The summed E-state index contributed by atoms with van der Waals surface area (Å²) in [6.07, 6.45) is 0.